The smallest absolute Gasteiger partial charge is 0.317 e. The van der Waals surface area contributed by atoms with Crippen LogP contribution in [-0.2, 0) is 4.74 Å². The summed E-state index contributed by atoms with van der Waals surface area (Å²) in [5.74, 6) is 0.644. The van der Waals surface area contributed by atoms with Gasteiger partial charge in [0.15, 0.2) is 0 Å². The van der Waals surface area contributed by atoms with E-state index < -0.39 is 0 Å². The maximum Gasteiger partial charge on any atom is 0.317 e. The minimum atomic E-state index is 0.0207. The van der Waals surface area contributed by atoms with Crippen LogP contribution in [0.1, 0.15) is 51.5 Å². The van der Waals surface area contributed by atoms with Gasteiger partial charge in [0.1, 0.15) is 12.7 Å². The summed E-state index contributed by atoms with van der Waals surface area (Å²) in [5, 5.41) is 7.17. The third kappa shape index (κ3) is 4.47. The third-order valence-electron chi connectivity index (χ3n) is 5.31. The Balaban J connectivity index is 1.31. The van der Waals surface area contributed by atoms with Crippen LogP contribution in [0.25, 0.3) is 0 Å². The summed E-state index contributed by atoms with van der Waals surface area (Å²) in [6, 6.07) is 0.375. The van der Waals surface area contributed by atoms with Crippen molar-refractivity contribution < 1.29 is 9.53 Å². The first kappa shape index (κ1) is 17.2. The highest BCUT2D eigenvalue weighted by Gasteiger charge is 2.24. The molecule has 0 aromatic carbocycles. The first-order chi connectivity index (χ1) is 11.7. The maximum absolute atomic E-state index is 12.2. The molecule has 1 aromatic rings. The molecule has 1 aliphatic carbocycles. The maximum atomic E-state index is 12.2. The van der Waals surface area contributed by atoms with E-state index in [0.29, 0.717) is 31.2 Å². The Kier molecular flexibility index (Phi) is 6.07. The van der Waals surface area contributed by atoms with E-state index in [2.05, 4.69) is 22.3 Å². The van der Waals surface area contributed by atoms with Crippen molar-refractivity contribution in [2.75, 3.05) is 26.2 Å². The Morgan fingerprint density at radius 1 is 1.25 bits per heavy atom. The van der Waals surface area contributed by atoms with Crippen LogP contribution in [0.3, 0.4) is 0 Å². The predicted octanol–water partition coefficient (Wildman–Crippen LogP) is 2.22. The van der Waals surface area contributed by atoms with Gasteiger partial charge >= 0.3 is 6.03 Å². The van der Waals surface area contributed by atoms with Crippen molar-refractivity contribution >= 4 is 6.03 Å². The van der Waals surface area contributed by atoms with Gasteiger partial charge in [0.05, 0.1) is 18.8 Å². The fourth-order valence-electron chi connectivity index (χ4n) is 3.75. The molecule has 2 amide bonds. The summed E-state index contributed by atoms with van der Waals surface area (Å²) in [7, 11) is 0. The van der Waals surface area contributed by atoms with Crippen LogP contribution in [0.2, 0.25) is 0 Å². The normalized spacial score (nSPS) is 25.6. The van der Waals surface area contributed by atoms with Crippen LogP contribution >= 0.6 is 0 Å². The van der Waals surface area contributed by atoms with Crippen LogP contribution in [0.15, 0.2) is 12.7 Å². The molecular weight excluding hydrogens is 306 g/mol. The molecule has 1 aliphatic heterocycles. The fourth-order valence-corrected chi connectivity index (χ4v) is 3.75. The number of carbonyl (C=O) groups excluding carboxylic acids is 1. The summed E-state index contributed by atoms with van der Waals surface area (Å²) in [6.45, 7) is 4.98. The van der Waals surface area contributed by atoms with Crippen molar-refractivity contribution in [1.82, 2.24) is 25.0 Å². The monoisotopic (exact) mass is 335 g/mol. The largest absolute Gasteiger partial charge is 0.376 e. The molecule has 2 heterocycles. The van der Waals surface area contributed by atoms with Crippen molar-refractivity contribution in [2.45, 2.75) is 57.6 Å². The average Bonchev–Trinajstić information content (AvgIpc) is 3.15. The highest BCUT2D eigenvalue weighted by atomic mass is 16.5. The lowest BCUT2D eigenvalue weighted by molar-refractivity contribution is -0.00279. The van der Waals surface area contributed by atoms with Gasteiger partial charge in [-0.25, -0.2) is 14.5 Å². The van der Waals surface area contributed by atoms with E-state index >= 15 is 0 Å². The highest BCUT2D eigenvalue weighted by Crippen LogP contribution is 2.26. The summed E-state index contributed by atoms with van der Waals surface area (Å²) < 4.78 is 7.84. The molecule has 7 heteroatoms. The first-order valence-corrected chi connectivity index (χ1v) is 9.22. The van der Waals surface area contributed by atoms with Crippen LogP contribution in [0, 0.1) is 5.92 Å². The highest BCUT2D eigenvalue weighted by molar-refractivity contribution is 5.74. The van der Waals surface area contributed by atoms with Crippen LogP contribution < -0.4 is 5.32 Å². The lowest BCUT2D eigenvalue weighted by atomic mass is 9.88. The molecule has 7 nitrogen and oxygen atoms in total. The van der Waals surface area contributed by atoms with E-state index in [1.807, 2.05) is 9.58 Å². The number of amides is 2. The molecule has 2 fully saturated rings. The minimum Gasteiger partial charge on any atom is -0.376 e. The van der Waals surface area contributed by atoms with E-state index in [4.69, 9.17) is 4.74 Å². The van der Waals surface area contributed by atoms with Gasteiger partial charge in [0.2, 0.25) is 0 Å². The second kappa shape index (κ2) is 8.46. The van der Waals surface area contributed by atoms with Crippen molar-refractivity contribution in [3.05, 3.63) is 12.7 Å². The second-order valence-corrected chi connectivity index (χ2v) is 7.00. The quantitative estimate of drug-likeness (QED) is 0.838. The van der Waals surface area contributed by atoms with Crippen LogP contribution in [0.5, 0.6) is 0 Å². The number of aromatic nitrogens is 3. The molecule has 134 valence electrons. The van der Waals surface area contributed by atoms with Gasteiger partial charge < -0.3 is 15.0 Å². The summed E-state index contributed by atoms with van der Waals surface area (Å²) in [6.07, 6.45) is 10.5. The zero-order chi connectivity index (χ0) is 16.8. The number of piperidine rings is 1. The lowest BCUT2D eigenvalue weighted by Crippen LogP contribution is -2.45. The molecule has 0 radical (unpaired) electrons. The number of hydrogen-bond donors (Lipinski definition) is 1. The topological polar surface area (TPSA) is 72.3 Å². The molecule has 0 spiro atoms. The van der Waals surface area contributed by atoms with Gasteiger partial charge in [-0.3, -0.25) is 0 Å². The number of nitrogens with one attached hydrogen (secondary N) is 1. The van der Waals surface area contributed by atoms with Crippen LogP contribution in [-0.4, -0.2) is 58.0 Å². The van der Waals surface area contributed by atoms with Crippen molar-refractivity contribution in [1.29, 1.82) is 0 Å². The Labute approximate surface area is 143 Å². The van der Waals surface area contributed by atoms with Crippen molar-refractivity contribution in [3.63, 3.8) is 0 Å². The molecule has 2 aliphatic rings. The zero-order valence-electron chi connectivity index (χ0n) is 14.6. The molecule has 1 saturated heterocycles. The van der Waals surface area contributed by atoms with E-state index in [9.17, 15) is 4.79 Å². The standard InChI is InChI=1S/C17H29N5O2/c1-14-4-2-3-5-16(14)24-11-8-19-17(23)21-9-6-15(7-10-21)22-13-18-12-20-22/h12-16H,2-11H2,1H3,(H,19,23)/t14-,16-/m1/s1. The van der Waals surface area contributed by atoms with Gasteiger partial charge in [-0.2, -0.15) is 5.10 Å². The lowest BCUT2D eigenvalue weighted by Gasteiger charge is -2.32. The second-order valence-electron chi connectivity index (χ2n) is 7.00. The predicted molar refractivity (Wildman–Crippen MR) is 90.6 cm³/mol. The van der Waals surface area contributed by atoms with Crippen molar-refractivity contribution in [3.8, 4) is 0 Å². The van der Waals surface area contributed by atoms with Crippen LogP contribution in [0.4, 0.5) is 4.79 Å². The van der Waals surface area contributed by atoms with E-state index in [-0.39, 0.29) is 6.03 Å². The number of carbonyl (C=O) groups is 1. The first-order valence-electron chi connectivity index (χ1n) is 9.22. The number of rotatable bonds is 5. The molecule has 1 N–H and O–H groups in total. The summed E-state index contributed by atoms with van der Waals surface area (Å²) in [5.41, 5.74) is 0. The number of urea groups is 1. The Morgan fingerprint density at radius 3 is 2.75 bits per heavy atom. The Hall–Kier alpha value is -1.63. The number of ether oxygens (including phenoxy) is 1. The molecule has 1 saturated carbocycles. The molecule has 1 aromatic heterocycles. The van der Waals surface area contributed by atoms with Crippen molar-refractivity contribution in [2.24, 2.45) is 5.92 Å². The molecule has 0 bridgehead atoms. The Bertz CT molecular complexity index is 499. The molecule has 0 unspecified atom stereocenters. The SMILES string of the molecule is C[C@@H]1CCCC[C@H]1OCCNC(=O)N1CCC(n2cncn2)CC1. The molecule has 24 heavy (non-hydrogen) atoms. The van der Waals surface area contributed by atoms with E-state index in [1.165, 1.54) is 19.3 Å². The summed E-state index contributed by atoms with van der Waals surface area (Å²) >= 11 is 0. The minimum absolute atomic E-state index is 0.0207. The van der Waals surface area contributed by atoms with Gasteiger partial charge in [-0.1, -0.05) is 19.8 Å². The Morgan fingerprint density at radius 2 is 2.04 bits per heavy atom. The number of nitrogens with zero attached hydrogens (tertiary/aromatic N) is 4. The van der Waals surface area contributed by atoms with Gasteiger partial charge in [-0.05, 0) is 31.6 Å². The van der Waals surface area contributed by atoms with E-state index in [0.717, 1.165) is 32.4 Å². The number of likely N-dealkylation sites (tertiary alicyclic amines) is 1. The summed E-state index contributed by atoms with van der Waals surface area (Å²) in [4.78, 5) is 18.1. The number of hydrogen-bond acceptors (Lipinski definition) is 4. The zero-order valence-corrected chi connectivity index (χ0v) is 14.6. The van der Waals surface area contributed by atoms with Gasteiger partial charge in [0.25, 0.3) is 0 Å². The fraction of sp³-hybridized carbons (Fsp3) is 0.824. The van der Waals surface area contributed by atoms with Gasteiger partial charge in [0, 0.05) is 19.6 Å². The average molecular weight is 335 g/mol. The molecular formula is C17H29N5O2. The molecule has 2 atom stereocenters. The van der Waals surface area contributed by atoms with E-state index in [1.54, 1.807) is 12.7 Å². The van der Waals surface area contributed by atoms with Gasteiger partial charge in [-0.15, -0.1) is 0 Å². The molecule has 3 rings (SSSR count). The third-order valence-corrected chi connectivity index (χ3v) is 5.31.